The zero-order valence-electron chi connectivity index (χ0n) is 10.4. The normalized spacial score (nSPS) is 20.9. The summed E-state index contributed by atoms with van der Waals surface area (Å²) in [4.78, 5) is 2.51. The number of hydrogen-bond donors (Lipinski definition) is 1. The Morgan fingerprint density at radius 2 is 2.39 bits per heavy atom. The first kappa shape index (κ1) is 13.8. The molecule has 1 aliphatic rings. The van der Waals surface area contributed by atoms with Crippen molar-refractivity contribution in [1.82, 2.24) is 4.90 Å². The van der Waals surface area contributed by atoms with Gasteiger partial charge in [-0.3, -0.25) is 4.90 Å². The van der Waals surface area contributed by atoms with E-state index < -0.39 is 0 Å². The highest BCUT2D eigenvalue weighted by atomic mass is 32.2. The second-order valence-electron chi connectivity index (χ2n) is 4.59. The van der Waals surface area contributed by atoms with Gasteiger partial charge in [-0.2, -0.15) is 11.8 Å². The van der Waals surface area contributed by atoms with Gasteiger partial charge in [-0.25, -0.2) is 4.39 Å². The summed E-state index contributed by atoms with van der Waals surface area (Å²) in [7, 11) is 0. The van der Waals surface area contributed by atoms with E-state index in [-0.39, 0.29) is 10.8 Å². The Hall–Kier alpha value is -0.650. The van der Waals surface area contributed by atoms with Gasteiger partial charge in [-0.15, -0.1) is 0 Å². The fourth-order valence-corrected chi connectivity index (χ4v) is 3.39. The van der Waals surface area contributed by atoms with Gasteiger partial charge in [0.2, 0.25) is 0 Å². The minimum Gasteiger partial charge on any atom is -0.389 e. The maximum absolute atomic E-state index is 13.5. The average Bonchev–Trinajstić information content (AvgIpc) is 2.31. The second kappa shape index (κ2) is 5.99. The predicted molar refractivity (Wildman–Crippen MR) is 79.5 cm³/mol. The van der Waals surface area contributed by atoms with Crippen molar-refractivity contribution in [2.75, 3.05) is 18.8 Å². The van der Waals surface area contributed by atoms with Crippen LogP contribution in [0.3, 0.4) is 0 Å². The summed E-state index contributed by atoms with van der Waals surface area (Å²) >= 11 is 6.85. The molecule has 0 spiro atoms. The maximum atomic E-state index is 13.5. The van der Waals surface area contributed by atoms with Crippen molar-refractivity contribution in [2.45, 2.75) is 18.7 Å². The van der Waals surface area contributed by atoms with Gasteiger partial charge in [0.05, 0.1) is 0 Å². The molecule has 1 fully saturated rings. The van der Waals surface area contributed by atoms with Gasteiger partial charge in [0.15, 0.2) is 0 Å². The number of thioether (sulfide) groups is 1. The van der Waals surface area contributed by atoms with Crippen molar-refractivity contribution in [3.05, 3.63) is 35.1 Å². The van der Waals surface area contributed by atoms with E-state index in [2.05, 4.69) is 11.8 Å². The molecule has 0 saturated carbocycles. The van der Waals surface area contributed by atoms with Crippen LogP contribution in [0.2, 0.25) is 0 Å². The van der Waals surface area contributed by atoms with E-state index in [0.717, 1.165) is 31.0 Å². The lowest BCUT2D eigenvalue weighted by atomic mass is 10.1. The second-order valence-corrected chi connectivity index (χ2v) is 6.58. The molecule has 1 atom stereocenters. The molecule has 2 nitrogen and oxygen atoms in total. The Kier molecular flexibility index (Phi) is 4.59. The van der Waals surface area contributed by atoms with Crippen LogP contribution in [0, 0.1) is 5.82 Å². The molecular weight excluding hydrogens is 267 g/mol. The van der Waals surface area contributed by atoms with Crippen LogP contribution in [-0.4, -0.2) is 34.0 Å². The van der Waals surface area contributed by atoms with Gasteiger partial charge in [0.25, 0.3) is 0 Å². The third kappa shape index (κ3) is 3.43. The van der Waals surface area contributed by atoms with Crippen molar-refractivity contribution in [3.63, 3.8) is 0 Å². The van der Waals surface area contributed by atoms with E-state index in [1.807, 2.05) is 17.8 Å². The van der Waals surface area contributed by atoms with Crippen molar-refractivity contribution in [1.29, 1.82) is 0 Å². The summed E-state index contributed by atoms with van der Waals surface area (Å²) in [6.45, 7) is 5.22. The smallest absolute Gasteiger partial charge is 0.133 e. The molecule has 1 heterocycles. The molecular formula is C13H17FN2S2. The Morgan fingerprint density at radius 1 is 1.61 bits per heavy atom. The summed E-state index contributed by atoms with van der Waals surface area (Å²) < 4.78 is 13.5. The molecule has 1 saturated heterocycles. The monoisotopic (exact) mass is 284 g/mol. The first-order valence-electron chi connectivity index (χ1n) is 5.98. The standard InChI is InChI=1S/C13H17FN2S2/c1-9-7-16(4-5-18-9)8-10-2-3-12(14)11(6-10)13(15)17/h2-3,6,9H,4-5,7-8H2,1H3,(H2,15,17). The first-order valence-corrected chi connectivity index (χ1v) is 7.44. The molecule has 1 aromatic carbocycles. The third-order valence-corrected chi connectivity index (χ3v) is 4.38. The maximum Gasteiger partial charge on any atom is 0.133 e. The molecule has 2 N–H and O–H groups in total. The fraction of sp³-hybridized carbons (Fsp3) is 0.462. The molecule has 0 aliphatic carbocycles. The number of benzene rings is 1. The highest BCUT2D eigenvalue weighted by molar-refractivity contribution is 7.99. The van der Waals surface area contributed by atoms with Crippen LogP contribution < -0.4 is 5.73 Å². The fourth-order valence-electron chi connectivity index (χ4n) is 2.15. The zero-order valence-corrected chi connectivity index (χ0v) is 12.0. The summed E-state index contributed by atoms with van der Waals surface area (Å²) in [6, 6.07) is 5.03. The van der Waals surface area contributed by atoms with Gasteiger partial charge in [0, 0.05) is 36.2 Å². The van der Waals surface area contributed by atoms with Gasteiger partial charge in [-0.05, 0) is 17.7 Å². The molecule has 2 rings (SSSR count). The highest BCUT2D eigenvalue weighted by Gasteiger charge is 2.17. The van der Waals surface area contributed by atoms with Crippen LogP contribution in [0.1, 0.15) is 18.1 Å². The van der Waals surface area contributed by atoms with Gasteiger partial charge in [0.1, 0.15) is 10.8 Å². The van der Waals surface area contributed by atoms with Crippen molar-refractivity contribution in [3.8, 4) is 0 Å². The van der Waals surface area contributed by atoms with E-state index in [4.69, 9.17) is 18.0 Å². The molecule has 98 valence electrons. The van der Waals surface area contributed by atoms with Crippen LogP contribution in [0.5, 0.6) is 0 Å². The van der Waals surface area contributed by atoms with Crippen molar-refractivity contribution >= 4 is 29.0 Å². The molecule has 1 aromatic rings. The number of nitrogens with two attached hydrogens (primary N) is 1. The molecule has 5 heteroatoms. The molecule has 1 aliphatic heterocycles. The minimum absolute atomic E-state index is 0.122. The SMILES string of the molecule is CC1CN(Cc2ccc(F)c(C(N)=S)c2)CCS1. The minimum atomic E-state index is -0.339. The quantitative estimate of drug-likeness (QED) is 0.863. The van der Waals surface area contributed by atoms with Crippen LogP contribution in [0.15, 0.2) is 18.2 Å². The van der Waals surface area contributed by atoms with E-state index in [9.17, 15) is 4.39 Å². The lowest BCUT2D eigenvalue weighted by Gasteiger charge is -2.30. The number of halogens is 1. The van der Waals surface area contributed by atoms with Crippen molar-refractivity contribution < 1.29 is 4.39 Å². The summed E-state index contributed by atoms with van der Waals surface area (Å²) in [5.74, 6) is 0.818. The van der Waals surface area contributed by atoms with Crippen LogP contribution in [-0.2, 0) is 6.54 Å². The lowest BCUT2D eigenvalue weighted by molar-refractivity contribution is 0.278. The largest absolute Gasteiger partial charge is 0.389 e. The number of thiocarbonyl (C=S) groups is 1. The summed E-state index contributed by atoms with van der Waals surface area (Å²) in [5, 5.41) is 0.661. The zero-order chi connectivity index (χ0) is 13.1. The number of hydrogen-bond acceptors (Lipinski definition) is 3. The number of nitrogens with zero attached hydrogens (tertiary/aromatic N) is 1. The van der Waals surface area contributed by atoms with E-state index in [1.165, 1.54) is 6.07 Å². The van der Waals surface area contributed by atoms with Crippen molar-refractivity contribution in [2.24, 2.45) is 5.73 Å². The van der Waals surface area contributed by atoms with Gasteiger partial charge in [-0.1, -0.05) is 25.2 Å². The third-order valence-electron chi connectivity index (χ3n) is 3.03. The van der Waals surface area contributed by atoms with E-state index in [1.54, 1.807) is 6.07 Å². The molecule has 0 radical (unpaired) electrons. The lowest BCUT2D eigenvalue weighted by Crippen LogP contribution is -2.36. The van der Waals surface area contributed by atoms with Gasteiger partial charge >= 0.3 is 0 Å². The van der Waals surface area contributed by atoms with Crippen LogP contribution in [0.4, 0.5) is 4.39 Å². The summed E-state index contributed by atoms with van der Waals surface area (Å²) in [6.07, 6.45) is 0. The molecule has 0 bridgehead atoms. The van der Waals surface area contributed by atoms with Gasteiger partial charge < -0.3 is 5.73 Å². The predicted octanol–water partition coefficient (Wildman–Crippen LogP) is 2.40. The first-order chi connectivity index (χ1) is 8.56. The van der Waals surface area contributed by atoms with E-state index >= 15 is 0 Å². The Balaban J connectivity index is 2.09. The van der Waals surface area contributed by atoms with E-state index in [0.29, 0.717) is 10.8 Å². The molecule has 0 amide bonds. The average molecular weight is 284 g/mol. The molecule has 18 heavy (non-hydrogen) atoms. The van der Waals surface area contributed by atoms with Crippen LogP contribution >= 0.6 is 24.0 Å². The Bertz CT molecular complexity index is 451. The Labute approximate surface area is 117 Å². The molecule has 0 aromatic heterocycles. The summed E-state index contributed by atoms with van der Waals surface area (Å²) in [5.41, 5.74) is 6.93. The number of rotatable bonds is 3. The topological polar surface area (TPSA) is 29.3 Å². The molecule has 1 unspecified atom stereocenters. The van der Waals surface area contributed by atoms with Crippen LogP contribution in [0.25, 0.3) is 0 Å². The Morgan fingerprint density at radius 3 is 3.06 bits per heavy atom. The highest BCUT2D eigenvalue weighted by Crippen LogP contribution is 2.20.